The van der Waals surface area contributed by atoms with Crippen molar-refractivity contribution in [3.05, 3.63) is 63.9 Å². The SMILES string of the molecule is COC(=O)NC1CCC(N/C(=N\C(=O)c2ccc(Cl)cc2)Nc2cc(F)cc(Cl)c2)CC1. The molecule has 0 aromatic heterocycles. The van der Waals surface area contributed by atoms with E-state index in [1.54, 1.807) is 24.3 Å². The molecule has 10 heteroatoms. The van der Waals surface area contributed by atoms with Crippen LogP contribution in [0.5, 0.6) is 0 Å². The second-order valence-electron chi connectivity index (χ2n) is 7.38. The third-order valence-corrected chi connectivity index (χ3v) is 5.48. The van der Waals surface area contributed by atoms with E-state index in [0.29, 0.717) is 16.3 Å². The monoisotopic (exact) mass is 480 g/mol. The maximum absolute atomic E-state index is 13.8. The Bertz CT molecular complexity index is 973. The number of hydrogen-bond acceptors (Lipinski definition) is 3. The van der Waals surface area contributed by atoms with Crippen molar-refractivity contribution in [2.75, 3.05) is 12.4 Å². The fraction of sp³-hybridized carbons (Fsp3) is 0.318. The predicted molar refractivity (Wildman–Crippen MR) is 123 cm³/mol. The van der Waals surface area contributed by atoms with Crippen molar-refractivity contribution < 1.29 is 18.7 Å². The molecule has 1 fully saturated rings. The molecule has 0 bridgehead atoms. The average molecular weight is 481 g/mol. The number of carbonyl (C=O) groups is 2. The molecular weight excluding hydrogens is 458 g/mol. The van der Waals surface area contributed by atoms with Gasteiger partial charge < -0.3 is 20.7 Å². The van der Waals surface area contributed by atoms with Crippen LogP contribution in [0.1, 0.15) is 36.0 Å². The molecule has 3 N–H and O–H groups in total. The highest BCUT2D eigenvalue weighted by atomic mass is 35.5. The number of nitrogens with one attached hydrogen (secondary N) is 3. The first-order chi connectivity index (χ1) is 15.3. The van der Waals surface area contributed by atoms with Crippen LogP contribution in [0, 0.1) is 5.82 Å². The fourth-order valence-electron chi connectivity index (χ4n) is 3.42. The molecule has 2 aromatic rings. The molecule has 0 atom stereocenters. The second-order valence-corrected chi connectivity index (χ2v) is 8.26. The first-order valence-electron chi connectivity index (χ1n) is 10.0. The summed E-state index contributed by atoms with van der Waals surface area (Å²) in [4.78, 5) is 28.2. The number of aliphatic imine (C=N–C) groups is 1. The molecule has 0 spiro atoms. The Kier molecular flexibility index (Phi) is 8.30. The normalized spacial score (nSPS) is 18.6. The van der Waals surface area contributed by atoms with Crippen LogP contribution in [0.3, 0.4) is 0 Å². The van der Waals surface area contributed by atoms with Gasteiger partial charge in [0.1, 0.15) is 5.82 Å². The third kappa shape index (κ3) is 7.10. The summed E-state index contributed by atoms with van der Waals surface area (Å²) in [5.74, 6) is -0.825. The number of ether oxygens (including phenoxy) is 1. The molecule has 0 aliphatic heterocycles. The zero-order chi connectivity index (χ0) is 23.1. The Morgan fingerprint density at radius 2 is 1.59 bits per heavy atom. The van der Waals surface area contributed by atoms with Crippen molar-refractivity contribution in [1.29, 1.82) is 0 Å². The van der Waals surface area contributed by atoms with Crippen LogP contribution in [0.2, 0.25) is 10.0 Å². The number of hydrogen-bond donors (Lipinski definition) is 3. The maximum atomic E-state index is 13.8. The van der Waals surface area contributed by atoms with E-state index >= 15 is 0 Å². The van der Waals surface area contributed by atoms with E-state index in [0.717, 1.165) is 25.7 Å². The van der Waals surface area contributed by atoms with Gasteiger partial charge in [0.05, 0.1) is 7.11 Å². The minimum atomic E-state index is -0.516. The summed E-state index contributed by atoms with van der Waals surface area (Å²) in [7, 11) is 1.33. The van der Waals surface area contributed by atoms with Gasteiger partial charge in [-0.05, 0) is 68.1 Å². The summed E-state index contributed by atoms with van der Waals surface area (Å²) in [6.45, 7) is 0. The van der Waals surface area contributed by atoms with Gasteiger partial charge in [0, 0.05) is 33.4 Å². The van der Waals surface area contributed by atoms with E-state index in [1.165, 1.54) is 25.3 Å². The molecule has 0 radical (unpaired) electrons. The number of benzene rings is 2. The molecule has 2 amide bonds. The molecule has 1 saturated carbocycles. The van der Waals surface area contributed by atoms with Gasteiger partial charge in [0.15, 0.2) is 0 Å². The van der Waals surface area contributed by atoms with Crippen LogP contribution in [0.15, 0.2) is 47.5 Å². The zero-order valence-electron chi connectivity index (χ0n) is 17.3. The number of alkyl carbamates (subject to hydrolysis) is 1. The molecule has 1 aliphatic carbocycles. The molecule has 0 unspecified atom stereocenters. The van der Waals surface area contributed by atoms with E-state index in [4.69, 9.17) is 23.2 Å². The number of rotatable bonds is 4. The van der Waals surface area contributed by atoms with Crippen LogP contribution in [0.25, 0.3) is 0 Å². The molecule has 32 heavy (non-hydrogen) atoms. The maximum Gasteiger partial charge on any atom is 0.407 e. The summed E-state index contributed by atoms with van der Waals surface area (Å²) in [5, 5.41) is 9.69. The number of amides is 2. The molecule has 170 valence electrons. The fourth-order valence-corrected chi connectivity index (χ4v) is 3.77. The Hall–Kier alpha value is -2.84. The number of guanidine groups is 1. The van der Waals surface area contributed by atoms with E-state index in [1.807, 2.05) is 0 Å². The molecule has 7 nitrogen and oxygen atoms in total. The van der Waals surface area contributed by atoms with Crippen LogP contribution in [-0.2, 0) is 4.74 Å². The first kappa shape index (κ1) is 23.8. The van der Waals surface area contributed by atoms with Crippen molar-refractivity contribution in [1.82, 2.24) is 10.6 Å². The van der Waals surface area contributed by atoms with Gasteiger partial charge in [0.25, 0.3) is 5.91 Å². The van der Waals surface area contributed by atoms with Gasteiger partial charge in [-0.25, -0.2) is 9.18 Å². The largest absolute Gasteiger partial charge is 0.453 e. The quantitative estimate of drug-likeness (QED) is 0.423. The zero-order valence-corrected chi connectivity index (χ0v) is 18.8. The highest BCUT2D eigenvalue weighted by molar-refractivity contribution is 6.31. The number of nitrogens with zero attached hydrogens (tertiary/aromatic N) is 1. The number of anilines is 1. The van der Waals surface area contributed by atoms with Crippen LogP contribution < -0.4 is 16.0 Å². The lowest BCUT2D eigenvalue weighted by atomic mass is 9.91. The van der Waals surface area contributed by atoms with E-state index in [9.17, 15) is 14.0 Å². The second kappa shape index (κ2) is 11.2. The number of carbonyl (C=O) groups excluding carboxylic acids is 2. The van der Waals surface area contributed by atoms with Gasteiger partial charge in [-0.3, -0.25) is 4.79 Å². The van der Waals surface area contributed by atoms with E-state index < -0.39 is 17.8 Å². The highest BCUT2D eigenvalue weighted by Gasteiger charge is 2.24. The summed E-state index contributed by atoms with van der Waals surface area (Å²) in [6.07, 6.45) is 2.47. The topological polar surface area (TPSA) is 91.8 Å². The third-order valence-electron chi connectivity index (χ3n) is 5.01. The first-order valence-corrected chi connectivity index (χ1v) is 10.8. The van der Waals surface area contributed by atoms with Crippen molar-refractivity contribution in [2.45, 2.75) is 37.8 Å². The van der Waals surface area contributed by atoms with Crippen molar-refractivity contribution in [3.8, 4) is 0 Å². The summed E-state index contributed by atoms with van der Waals surface area (Å²) >= 11 is 11.8. The Balaban J connectivity index is 1.74. The molecular formula is C22H23Cl2FN4O3. The summed E-state index contributed by atoms with van der Waals surface area (Å²) in [6, 6.07) is 10.4. The summed E-state index contributed by atoms with van der Waals surface area (Å²) in [5.41, 5.74) is 0.713. The number of halogens is 3. The van der Waals surface area contributed by atoms with Crippen molar-refractivity contribution >= 4 is 46.8 Å². The average Bonchev–Trinajstić information content (AvgIpc) is 2.74. The molecule has 2 aromatic carbocycles. The van der Waals surface area contributed by atoms with Crippen molar-refractivity contribution in [2.24, 2.45) is 4.99 Å². The van der Waals surface area contributed by atoms with Gasteiger partial charge in [0.2, 0.25) is 5.96 Å². The van der Waals surface area contributed by atoms with Gasteiger partial charge in [-0.2, -0.15) is 4.99 Å². The Labute approximate surface area is 195 Å². The van der Waals surface area contributed by atoms with E-state index in [2.05, 4.69) is 25.7 Å². The van der Waals surface area contributed by atoms with Crippen LogP contribution >= 0.6 is 23.2 Å². The number of methoxy groups -OCH3 is 1. The van der Waals surface area contributed by atoms with Crippen LogP contribution in [-0.4, -0.2) is 37.2 Å². The Morgan fingerprint density at radius 3 is 2.19 bits per heavy atom. The summed E-state index contributed by atoms with van der Waals surface area (Å²) < 4.78 is 18.4. The predicted octanol–water partition coefficient (Wildman–Crippen LogP) is 5.00. The van der Waals surface area contributed by atoms with E-state index in [-0.39, 0.29) is 23.1 Å². The van der Waals surface area contributed by atoms with Gasteiger partial charge >= 0.3 is 6.09 Å². The molecule has 1 aliphatic rings. The lowest BCUT2D eigenvalue weighted by Gasteiger charge is -2.30. The molecule has 0 heterocycles. The lowest BCUT2D eigenvalue weighted by Crippen LogP contribution is -2.45. The Morgan fingerprint density at radius 1 is 0.969 bits per heavy atom. The highest BCUT2D eigenvalue weighted by Crippen LogP contribution is 2.21. The lowest BCUT2D eigenvalue weighted by molar-refractivity contribution is 0.100. The smallest absolute Gasteiger partial charge is 0.407 e. The minimum absolute atomic E-state index is 0.000930. The minimum Gasteiger partial charge on any atom is -0.453 e. The molecule has 0 saturated heterocycles. The van der Waals surface area contributed by atoms with Crippen LogP contribution in [0.4, 0.5) is 14.9 Å². The molecule has 3 rings (SSSR count). The standard InChI is InChI=1S/C22H23Cl2FN4O3/c1-32-22(31)28-18-8-6-17(7-9-18)26-21(27-19-11-15(24)10-16(25)12-19)29-20(30)13-2-4-14(23)5-3-13/h2-5,10-12,17-18H,6-9H2,1H3,(H,28,31)(H2,26,27,29,30). The van der Waals surface area contributed by atoms with Gasteiger partial charge in [-0.1, -0.05) is 23.2 Å². The van der Waals surface area contributed by atoms with Crippen molar-refractivity contribution in [3.63, 3.8) is 0 Å². The van der Waals surface area contributed by atoms with Gasteiger partial charge in [-0.15, -0.1) is 0 Å².